The summed E-state index contributed by atoms with van der Waals surface area (Å²) in [6.45, 7) is 0. The van der Waals surface area contributed by atoms with Gasteiger partial charge in [-0.15, -0.1) is 0 Å². The molecule has 11 heteroatoms. The number of H-pyrrole nitrogens is 1. The molecule has 2 N–H and O–H groups in total. The summed E-state index contributed by atoms with van der Waals surface area (Å²) < 4.78 is 58.1. The van der Waals surface area contributed by atoms with Crippen molar-refractivity contribution in [3.05, 3.63) is 108 Å². The van der Waals surface area contributed by atoms with E-state index in [0.29, 0.717) is 27.9 Å². The molecule has 1 unspecified atom stereocenters. The molecule has 1 aromatic heterocycles. The number of hydrogen-bond acceptors (Lipinski definition) is 6. The fourth-order valence-electron chi connectivity index (χ4n) is 4.75. The number of hydrogen-bond donors (Lipinski definition) is 2. The van der Waals surface area contributed by atoms with Crippen LogP contribution in [0, 0.1) is 0 Å². The molecule has 0 bridgehead atoms. The number of aromatic nitrogens is 2. The molecule has 0 saturated carbocycles. The minimum absolute atomic E-state index is 0.0909. The lowest BCUT2D eigenvalue weighted by Crippen LogP contribution is -2.21. The third-order valence-corrected chi connectivity index (χ3v) is 9.72. The minimum atomic E-state index is -4.13. The molecule has 1 amide bonds. The van der Waals surface area contributed by atoms with E-state index >= 15 is 0 Å². The maximum absolute atomic E-state index is 13.6. The normalized spacial score (nSPS) is 17.5. The first-order chi connectivity index (χ1) is 18.7. The second-order valence-corrected chi connectivity index (χ2v) is 12.7. The third-order valence-electron chi connectivity index (χ3n) is 6.65. The summed E-state index contributed by atoms with van der Waals surface area (Å²) >= 11 is 0. The Morgan fingerprint density at radius 3 is 2.38 bits per heavy atom. The molecule has 0 aliphatic carbocycles. The van der Waals surface area contributed by atoms with E-state index in [-0.39, 0.29) is 23.4 Å². The van der Waals surface area contributed by atoms with Crippen LogP contribution in [-0.4, -0.2) is 38.4 Å². The monoisotopic (exact) mass is 558 g/mol. The van der Waals surface area contributed by atoms with Gasteiger partial charge >= 0.3 is 0 Å². The van der Waals surface area contributed by atoms with Gasteiger partial charge in [-0.2, -0.15) is 12.8 Å². The van der Waals surface area contributed by atoms with Crippen LogP contribution in [0.5, 0.6) is 0 Å². The Hall–Kier alpha value is -4.35. The van der Waals surface area contributed by atoms with Crippen LogP contribution >= 0.6 is 0 Å². The van der Waals surface area contributed by atoms with Crippen molar-refractivity contribution in [1.82, 2.24) is 14.7 Å². The summed E-state index contributed by atoms with van der Waals surface area (Å²) in [5.41, 5.74) is 2.78. The van der Waals surface area contributed by atoms with Crippen LogP contribution in [0.3, 0.4) is 0 Å². The highest BCUT2D eigenvalue weighted by molar-refractivity contribution is 7.91. The molecular formula is C28H22N4O5S2. The number of sulfonamides is 2. The largest absolute Gasteiger partial charge is 0.337 e. The van der Waals surface area contributed by atoms with Gasteiger partial charge in [0.15, 0.2) is 5.82 Å². The van der Waals surface area contributed by atoms with E-state index in [1.807, 2.05) is 47.2 Å². The van der Waals surface area contributed by atoms with Crippen molar-refractivity contribution in [3.8, 4) is 0 Å². The first kappa shape index (κ1) is 25.0. The van der Waals surface area contributed by atoms with Crippen molar-refractivity contribution in [2.24, 2.45) is 4.40 Å². The van der Waals surface area contributed by atoms with E-state index in [2.05, 4.69) is 14.4 Å². The number of carbonyl (C=O) groups excluding carboxylic acids is 1. The van der Waals surface area contributed by atoms with Crippen molar-refractivity contribution in [1.29, 1.82) is 0 Å². The van der Waals surface area contributed by atoms with E-state index in [0.717, 1.165) is 10.9 Å². The van der Waals surface area contributed by atoms with Crippen LogP contribution in [0.25, 0.3) is 21.8 Å². The van der Waals surface area contributed by atoms with Gasteiger partial charge in [-0.25, -0.2) is 13.4 Å². The van der Waals surface area contributed by atoms with E-state index in [9.17, 15) is 21.6 Å². The van der Waals surface area contributed by atoms with Gasteiger partial charge in [0, 0.05) is 11.8 Å². The third kappa shape index (κ3) is 4.82. The Bertz CT molecular complexity index is 1960. The van der Waals surface area contributed by atoms with Crippen LogP contribution in [0.15, 0.2) is 100 Å². The zero-order chi connectivity index (χ0) is 27.2. The average molecular weight is 559 g/mol. The fraction of sp³-hybridized carbons (Fsp3) is 0.107. The average Bonchev–Trinajstić information content (AvgIpc) is 3.47. The number of nitrogens with zero attached hydrogens (tertiary/aromatic N) is 2. The summed E-state index contributed by atoms with van der Waals surface area (Å²) in [4.78, 5) is 19.5. The van der Waals surface area contributed by atoms with Crippen molar-refractivity contribution < 1.29 is 21.6 Å². The van der Waals surface area contributed by atoms with E-state index < -0.39 is 31.2 Å². The predicted molar refractivity (Wildman–Crippen MR) is 148 cm³/mol. The molecule has 1 aliphatic heterocycles. The molecule has 0 radical (unpaired) electrons. The molecule has 2 heterocycles. The quantitative estimate of drug-likeness (QED) is 0.302. The first-order valence-corrected chi connectivity index (χ1v) is 15.1. The van der Waals surface area contributed by atoms with Crippen molar-refractivity contribution in [2.75, 3.05) is 0 Å². The lowest BCUT2D eigenvalue weighted by atomic mass is 10.0. The number of benzene rings is 4. The van der Waals surface area contributed by atoms with Crippen molar-refractivity contribution >= 4 is 53.5 Å². The fourth-order valence-corrected chi connectivity index (χ4v) is 7.44. The molecule has 196 valence electrons. The highest BCUT2D eigenvalue weighted by Crippen LogP contribution is 2.30. The van der Waals surface area contributed by atoms with Gasteiger partial charge < -0.3 is 4.98 Å². The van der Waals surface area contributed by atoms with Gasteiger partial charge in [-0.3, -0.25) is 9.52 Å². The number of fused-ring (bicyclic) bond motifs is 2. The SMILES string of the molecule is O=C1CC(c2ccc(C/C(=N/S(=O)(=O)c3cccc4ccccc34)c3nc4ccccc4[nH]3)cc2)S(=O)(=O)N1. The molecular weight excluding hydrogens is 536 g/mol. The number of nitrogens with one attached hydrogen (secondary N) is 2. The zero-order valence-electron chi connectivity index (χ0n) is 20.4. The number of amides is 1. The zero-order valence-corrected chi connectivity index (χ0v) is 22.0. The van der Waals surface area contributed by atoms with E-state index in [4.69, 9.17) is 0 Å². The molecule has 1 saturated heterocycles. The number of carbonyl (C=O) groups is 1. The molecule has 1 atom stereocenters. The Labute approximate surface area is 224 Å². The molecule has 39 heavy (non-hydrogen) atoms. The summed E-state index contributed by atoms with van der Waals surface area (Å²) in [7, 11) is -7.90. The summed E-state index contributed by atoms with van der Waals surface area (Å²) in [5, 5.41) is 0.386. The molecule has 1 fully saturated rings. The second-order valence-electron chi connectivity index (χ2n) is 9.27. The summed E-state index contributed by atoms with van der Waals surface area (Å²) in [6.07, 6.45) is -0.0324. The van der Waals surface area contributed by atoms with Gasteiger partial charge in [-0.05, 0) is 34.7 Å². The number of imidazole rings is 1. The number of para-hydroxylation sites is 2. The standard InChI is InChI=1S/C28H22N4O5S2/c33-27-17-26(39(36,37)32-27)20-14-12-18(13-15-20)16-24(28-29-22-9-3-4-10-23(22)30-28)31-38(34,35)25-11-5-7-19-6-1-2-8-21(19)25/h1-15,26H,16-17H2,(H,29,30)(H,32,33)/b31-24-. The number of aromatic amines is 1. The molecule has 6 rings (SSSR count). The highest BCUT2D eigenvalue weighted by Gasteiger charge is 2.37. The Morgan fingerprint density at radius 2 is 1.64 bits per heavy atom. The van der Waals surface area contributed by atoms with Crippen molar-refractivity contribution in [3.63, 3.8) is 0 Å². The molecule has 0 spiro atoms. The lowest BCUT2D eigenvalue weighted by Gasteiger charge is -2.10. The van der Waals surface area contributed by atoms with Crippen LogP contribution in [0.4, 0.5) is 0 Å². The van der Waals surface area contributed by atoms with Crippen LogP contribution in [0.1, 0.15) is 28.6 Å². The Kier molecular flexibility index (Phi) is 6.04. The van der Waals surface area contributed by atoms with Gasteiger partial charge in [0.1, 0.15) is 11.0 Å². The van der Waals surface area contributed by atoms with Crippen LogP contribution in [0.2, 0.25) is 0 Å². The lowest BCUT2D eigenvalue weighted by molar-refractivity contribution is -0.118. The first-order valence-electron chi connectivity index (χ1n) is 12.1. The highest BCUT2D eigenvalue weighted by atomic mass is 32.2. The summed E-state index contributed by atoms with van der Waals surface area (Å²) in [5.74, 6) is -0.223. The van der Waals surface area contributed by atoms with Crippen molar-refractivity contribution in [2.45, 2.75) is 23.0 Å². The van der Waals surface area contributed by atoms with Gasteiger partial charge in [0.25, 0.3) is 10.0 Å². The Balaban J connectivity index is 1.42. The topological polar surface area (TPSA) is 138 Å². The van der Waals surface area contributed by atoms with Crippen LogP contribution < -0.4 is 4.72 Å². The summed E-state index contributed by atoms with van der Waals surface area (Å²) in [6, 6.07) is 26.3. The maximum atomic E-state index is 13.6. The Morgan fingerprint density at radius 1 is 0.923 bits per heavy atom. The minimum Gasteiger partial charge on any atom is -0.337 e. The molecule has 9 nitrogen and oxygen atoms in total. The molecule has 1 aliphatic rings. The van der Waals surface area contributed by atoms with E-state index in [1.165, 1.54) is 6.07 Å². The number of rotatable bonds is 6. The maximum Gasteiger partial charge on any atom is 0.283 e. The smallest absolute Gasteiger partial charge is 0.283 e. The predicted octanol–water partition coefficient (Wildman–Crippen LogP) is 4.03. The van der Waals surface area contributed by atoms with Gasteiger partial charge in [-0.1, -0.05) is 72.8 Å². The molecule has 4 aromatic carbocycles. The van der Waals surface area contributed by atoms with Gasteiger partial charge in [0.05, 0.1) is 22.3 Å². The molecule has 5 aromatic rings. The second kappa shape index (κ2) is 9.44. The van der Waals surface area contributed by atoms with Gasteiger partial charge in [0.2, 0.25) is 15.9 Å². The van der Waals surface area contributed by atoms with E-state index in [1.54, 1.807) is 42.5 Å². The van der Waals surface area contributed by atoms with Crippen LogP contribution in [-0.2, 0) is 31.3 Å².